The Morgan fingerprint density at radius 1 is 1.50 bits per heavy atom. The summed E-state index contributed by atoms with van der Waals surface area (Å²) in [5.74, 6) is -0.425. The number of ether oxygens (including phenoxy) is 1. The predicted octanol–water partition coefficient (Wildman–Crippen LogP) is 0.994. The van der Waals surface area contributed by atoms with Crippen LogP contribution < -0.4 is 5.73 Å². The topological polar surface area (TPSA) is 72.5 Å². The van der Waals surface area contributed by atoms with Crippen LogP contribution in [0.3, 0.4) is 0 Å². The van der Waals surface area contributed by atoms with Gasteiger partial charge in [-0.3, -0.25) is 4.79 Å². The SMILES string of the molecule is COC1CCC(C[C@@H](N)C(=O)O)CC1. The number of carbonyl (C=O) groups is 1. The van der Waals surface area contributed by atoms with Crippen molar-refractivity contribution in [2.75, 3.05) is 7.11 Å². The van der Waals surface area contributed by atoms with Gasteiger partial charge < -0.3 is 15.6 Å². The molecule has 0 spiro atoms. The van der Waals surface area contributed by atoms with Crippen LogP contribution in [-0.4, -0.2) is 30.3 Å². The van der Waals surface area contributed by atoms with E-state index in [-0.39, 0.29) is 0 Å². The Morgan fingerprint density at radius 3 is 2.50 bits per heavy atom. The van der Waals surface area contributed by atoms with E-state index in [1.165, 1.54) is 0 Å². The fourth-order valence-corrected chi connectivity index (χ4v) is 2.06. The molecule has 1 aliphatic carbocycles. The summed E-state index contributed by atoms with van der Waals surface area (Å²) in [7, 11) is 1.73. The van der Waals surface area contributed by atoms with Crippen molar-refractivity contribution in [2.24, 2.45) is 11.7 Å². The standard InChI is InChI=1S/C10H19NO3/c1-14-8-4-2-7(3-5-8)6-9(11)10(12)13/h7-9H,2-6,11H2,1H3,(H,12,13)/t7?,8?,9-/m1/s1. The highest BCUT2D eigenvalue weighted by molar-refractivity contribution is 5.73. The van der Waals surface area contributed by atoms with Crippen LogP contribution in [0.2, 0.25) is 0 Å². The van der Waals surface area contributed by atoms with Crippen LogP contribution >= 0.6 is 0 Å². The summed E-state index contributed by atoms with van der Waals surface area (Å²) in [6, 6.07) is -0.695. The highest BCUT2D eigenvalue weighted by Gasteiger charge is 2.24. The fraction of sp³-hybridized carbons (Fsp3) is 0.900. The van der Waals surface area contributed by atoms with Gasteiger partial charge in [-0.25, -0.2) is 0 Å². The smallest absolute Gasteiger partial charge is 0.320 e. The Balaban J connectivity index is 2.25. The van der Waals surface area contributed by atoms with Crippen LogP contribution in [0.4, 0.5) is 0 Å². The molecule has 14 heavy (non-hydrogen) atoms. The maximum atomic E-state index is 10.5. The largest absolute Gasteiger partial charge is 0.480 e. The van der Waals surface area contributed by atoms with E-state index in [2.05, 4.69) is 0 Å². The van der Waals surface area contributed by atoms with Crippen LogP contribution in [0.25, 0.3) is 0 Å². The first kappa shape index (κ1) is 11.5. The molecule has 0 amide bonds. The third kappa shape index (κ3) is 3.27. The zero-order valence-corrected chi connectivity index (χ0v) is 8.61. The summed E-state index contributed by atoms with van der Waals surface area (Å²) in [6.45, 7) is 0. The van der Waals surface area contributed by atoms with Gasteiger partial charge in [-0.2, -0.15) is 0 Å². The molecule has 0 radical (unpaired) electrons. The first-order valence-electron chi connectivity index (χ1n) is 5.14. The van der Waals surface area contributed by atoms with E-state index in [4.69, 9.17) is 15.6 Å². The number of methoxy groups -OCH3 is 1. The van der Waals surface area contributed by atoms with E-state index < -0.39 is 12.0 Å². The summed E-state index contributed by atoms with van der Waals surface area (Å²) in [5, 5.41) is 8.66. The van der Waals surface area contributed by atoms with Crippen molar-refractivity contribution in [2.45, 2.75) is 44.2 Å². The average Bonchev–Trinajstić information content (AvgIpc) is 2.19. The van der Waals surface area contributed by atoms with Crippen molar-refractivity contribution in [3.63, 3.8) is 0 Å². The predicted molar refractivity (Wildman–Crippen MR) is 53.0 cm³/mol. The zero-order valence-electron chi connectivity index (χ0n) is 8.61. The highest BCUT2D eigenvalue weighted by atomic mass is 16.5. The van der Waals surface area contributed by atoms with E-state index in [1.54, 1.807) is 7.11 Å². The maximum absolute atomic E-state index is 10.5. The van der Waals surface area contributed by atoms with Crippen LogP contribution in [0.5, 0.6) is 0 Å². The molecule has 4 heteroatoms. The van der Waals surface area contributed by atoms with Crippen LogP contribution in [0, 0.1) is 5.92 Å². The molecule has 0 aromatic carbocycles. The van der Waals surface area contributed by atoms with Gasteiger partial charge in [0.05, 0.1) is 6.10 Å². The molecule has 0 aliphatic heterocycles. The lowest BCUT2D eigenvalue weighted by atomic mass is 9.83. The summed E-state index contributed by atoms with van der Waals surface area (Å²) in [5.41, 5.74) is 5.48. The lowest BCUT2D eigenvalue weighted by Gasteiger charge is -2.28. The van der Waals surface area contributed by atoms with Crippen LogP contribution in [0.1, 0.15) is 32.1 Å². The van der Waals surface area contributed by atoms with E-state index in [0.717, 1.165) is 25.7 Å². The van der Waals surface area contributed by atoms with Gasteiger partial charge in [0.25, 0.3) is 0 Å². The molecular weight excluding hydrogens is 182 g/mol. The number of hydrogen-bond donors (Lipinski definition) is 2. The fourth-order valence-electron chi connectivity index (χ4n) is 2.06. The van der Waals surface area contributed by atoms with Crippen LogP contribution in [-0.2, 0) is 9.53 Å². The Hall–Kier alpha value is -0.610. The normalized spacial score (nSPS) is 29.9. The molecule has 0 heterocycles. The second-order valence-corrected chi connectivity index (χ2v) is 4.06. The van der Waals surface area contributed by atoms with Gasteiger partial charge in [0.1, 0.15) is 6.04 Å². The lowest BCUT2D eigenvalue weighted by Crippen LogP contribution is -2.34. The highest BCUT2D eigenvalue weighted by Crippen LogP contribution is 2.28. The van der Waals surface area contributed by atoms with E-state index in [0.29, 0.717) is 18.4 Å². The second kappa shape index (κ2) is 5.32. The average molecular weight is 201 g/mol. The molecule has 82 valence electrons. The van der Waals surface area contributed by atoms with Crippen molar-refractivity contribution in [3.8, 4) is 0 Å². The first-order valence-corrected chi connectivity index (χ1v) is 5.14. The Bertz CT molecular complexity index is 188. The molecule has 3 N–H and O–H groups in total. The van der Waals surface area contributed by atoms with Gasteiger partial charge in [-0.15, -0.1) is 0 Å². The molecule has 1 rings (SSSR count). The van der Waals surface area contributed by atoms with Crippen molar-refractivity contribution < 1.29 is 14.6 Å². The summed E-state index contributed by atoms with van der Waals surface area (Å²) in [6.07, 6.45) is 5.12. The van der Waals surface area contributed by atoms with Gasteiger partial charge in [0.15, 0.2) is 0 Å². The first-order chi connectivity index (χ1) is 6.63. The van der Waals surface area contributed by atoms with Gasteiger partial charge in [-0.1, -0.05) is 0 Å². The number of carboxylic acid groups (broad SMARTS) is 1. The molecule has 1 fully saturated rings. The molecule has 4 nitrogen and oxygen atoms in total. The molecule has 1 saturated carbocycles. The van der Waals surface area contributed by atoms with E-state index >= 15 is 0 Å². The molecule has 0 aromatic heterocycles. The molecule has 0 bridgehead atoms. The molecule has 1 atom stereocenters. The van der Waals surface area contributed by atoms with E-state index in [9.17, 15) is 4.79 Å². The van der Waals surface area contributed by atoms with E-state index in [1.807, 2.05) is 0 Å². The minimum Gasteiger partial charge on any atom is -0.480 e. The lowest BCUT2D eigenvalue weighted by molar-refractivity contribution is -0.139. The van der Waals surface area contributed by atoms with Gasteiger partial charge in [0.2, 0.25) is 0 Å². The quantitative estimate of drug-likeness (QED) is 0.711. The summed E-state index contributed by atoms with van der Waals surface area (Å²) >= 11 is 0. The van der Waals surface area contributed by atoms with Crippen molar-refractivity contribution in [1.29, 1.82) is 0 Å². The molecular formula is C10H19NO3. The number of nitrogens with two attached hydrogens (primary N) is 1. The van der Waals surface area contributed by atoms with Crippen molar-refractivity contribution in [3.05, 3.63) is 0 Å². The molecule has 0 unspecified atom stereocenters. The summed E-state index contributed by atoms with van der Waals surface area (Å²) in [4.78, 5) is 10.5. The minimum atomic E-state index is -0.890. The third-order valence-corrected chi connectivity index (χ3v) is 3.03. The zero-order chi connectivity index (χ0) is 10.6. The Morgan fingerprint density at radius 2 is 2.07 bits per heavy atom. The van der Waals surface area contributed by atoms with Crippen LogP contribution in [0.15, 0.2) is 0 Å². The molecule has 0 aromatic rings. The molecule has 1 aliphatic rings. The number of carboxylic acids is 1. The monoisotopic (exact) mass is 201 g/mol. The molecule has 0 saturated heterocycles. The minimum absolute atomic E-state index is 0.368. The number of hydrogen-bond acceptors (Lipinski definition) is 3. The summed E-state index contributed by atoms with van der Waals surface area (Å²) < 4.78 is 5.24. The van der Waals surface area contributed by atoms with Crippen molar-refractivity contribution in [1.82, 2.24) is 0 Å². The maximum Gasteiger partial charge on any atom is 0.320 e. The Labute approximate surface area is 84.4 Å². The third-order valence-electron chi connectivity index (χ3n) is 3.03. The number of rotatable bonds is 4. The van der Waals surface area contributed by atoms with Gasteiger partial charge in [0, 0.05) is 7.11 Å². The second-order valence-electron chi connectivity index (χ2n) is 4.06. The van der Waals surface area contributed by atoms with Gasteiger partial charge >= 0.3 is 5.97 Å². The number of aliphatic carboxylic acids is 1. The van der Waals surface area contributed by atoms with Gasteiger partial charge in [-0.05, 0) is 38.0 Å². The van der Waals surface area contributed by atoms with Crippen molar-refractivity contribution >= 4 is 5.97 Å². The Kier molecular flexibility index (Phi) is 4.35.